The van der Waals surface area contributed by atoms with Crippen molar-refractivity contribution in [3.05, 3.63) is 0 Å². The van der Waals surface area contributed by atoms with Gasteiger partial charge < -0.3 is 4.74 Å². The van der Waals surface area contributed by atoms with E-state index in [0.717, 1.165) is 6.54 Å². The molecule has 1 N–H and O–H groups in total. The number of nitrogens with one attached hydrogen (secondary N) is 1. The standard InChI is InChI=1S/C11H21NO/c1-2-6-10(7-3-1)13-11-8-4-5-9-12-11/h10-12H,1-9H2. The molecule has 1 heterocycles. The Morgan fingerprint density at radius 1 is 0.846 bits per heavy atom. The number of hydrogen-bond acceptors (Lipinski definition) is 2. The van der Waals surface area contributed by atoms with Gasteiger partial charge in [-0.1, -0.05) is 19.3 Å². The van der Waals surface area contributed by atoms with Crippen LogP contribution in [0, 0.1) is 0 Å². The summed E-state index contributed by atoms with van der Waals surface area (Å²) in [5.41, 5.74) is 0. The summed E-state index contributed by atoms with van der Waals surface area (Å²) < 4.78 is 6.02. The van der Waals surface area contributed by atoms with E-state index >= 15 is 0 Å². The lowest BCUT2D eigenvalue weighted by molar-refractivity contribution is -0.0567. The van der Waals surface area contributed by atoms with Crippen molar-refractivity contribution >= 4 is 0 Å². The minimum Gasteiger partial charge on any atom is -0.360 e. The lowest BCUT2D eigenvalue weighted by Gasteiger charge is -2.30. The monoisotopic (exact) mass is 183 g/mol. The van der Waals surface area contributed by atoms with Crippen molar-refractivity contribution in [3.63, 3.8) is 0 Å². The summed E-state index contributed by atoms with van der Waals surface area (Å²) in [6.07, 6.45) is 11.6. The summed E-state index contributed by atoms with van der Waals surface area (Å²) in [6.45, 7) is 1.15. The summed E-state index contributed by atoms with van der Waals surface area (Å²) in [7, 11) is 0. The Morgan fingerprint density at radius 2 is 1.62 bits per heavy atom. The Morgan fingerprint density at radius 3 is 2.31 bits per heavy atom. The Balaban J connectivity index is 1.69. The maximum atomic E-state index is 6.02. The molecule has 1 unspecified atom stereocenters. The van der Waals surface area contributed by atoms with Crippen LogP contribution in [0.25, 0.3) is 0 Å². The highest BCUT2D eigenvalue weighted by Gasteiger charge is 2.20. The first kappa shape index (κ1) is 9.47. The third-order valence-electron chi connectivity index (χ3n) is 3.17. The van der Waals surface area contributed by atoms with Gasteiger partial charge in [0.15, 0.2) is 0 Å². The second-order valence-electron chi connectivity index (χ2n) is 4.33. The van der Waals surface area contributed by atoms with Crippen LogP contribution in [-0.2, 0) is 4.74 Å². The normalized spacial score (nSPS) is 31.8. The molecule has 2 rings (SSSR count). The third kappa shape index (κ3) is 2.96. The maximum absolute atomic E-state index is 6.02. The van der Waals surface area contributed by atoms with Crippen LogP contribution in [0.15, 0.2) is 0 Å². The quantitative estimate of drug-likeness (QED) is 0.710. The van der Waals surface area contributed by atoms with Crippen molar-refractivity contribution in [1.29, 1.82) is 0 Å². The van der Waals surface area contributed by atoms with Gasteiger partial charge in [0.2, 0.25) is 0 Å². The van der Waals surface area contributed by atoms with Crippen LogP contribution in [0.1, 0.15) is 51.4 Å². The summed E-state index contributed by atoms with van der Waals surface area (Å²) in [5, 5.41) is 3.44. The molecule has 2 heteroatoms. The fourth-order valence-corrected chi connectivity index (χ4v) is 2.37. The van der Waals surface area contributed by atoms with Crippen LogP contribution >= 0.6 is 0 Å². The van der Waals surface area contributed by atoms with Gasteiger partial charge in [-0.15, -0.1) is 0 Å². The van der Waals surface area contributed by atoms with E-state index in [0.29, 0.717) is 12.3 Å². The van der Waals surface area contributed by atoms with E-state index < -0.39 is 0 Å². The zero-order valence-corrected chi connectivity index (χ0v) is 8.43. The Kier molecular flexibility index (Phi) is 3.62. The zero-order valence-electron chi connectivity index (χ0n) is 8.43. The molecule has 13 heavy (non-hydrogen) atoms. The SMILES string of the molecule is C1CCC(OC2CCCCN2)CC1. The minimum atomic E-state index is 0.372. The molecule has 76 valence electrons. The van der Waals surface area contributed by atoms with Crippen LogP contribution in [0.4, 0.5) is 0 Å². The van der Waals surface area contributed by atoms with Crippen molar-refractivity contribution in [3.8, 4) is 0 Å². The lowest BCUT2D eigenvalue weighted by Crippen LogP contribution is -2.39. The lowest BCUT2D eigenvalue weighted by atomic mass is 9.97. The molecule has 2 nitrogen and oxygen atoms in total. The number of hydrogen-bond donors (Lipinski definition) is 1. The summed E-state index contributed by atoms with van der Waals surface area (Å²) in [4.78, 5) is 0. The van der Waals surface area contributed by atoms with Crippen LogP contribution < -0.4 is 5.32 Å². The Labute approximate surface area is 81.0 Å². The molecular weight excluding hydrogens is 162 g/mol. The molecule has 1 aliphatic carbocycles. The first-order valence-electron chi connectivity index (χ1n) is 5.84. The molecule has 0 aromatic rings. The molecule has 0 aromatic carbocycles. The van der Waals surface area contributed by atoms with Gasteiger partial charge in [-0.2, -0.15) is 0 Å². The van der Waals surface area contributed by atoms with Crippen molar-refractivity contribution in [2.45, 2.75) is 63.7 Å². The largest absolute Gasteiger partial charge is 0.360 e. The molecule has 1 atom stereocenters. The molecule has 2 aliphatic rings. The predicted molar refractivity (Wildman–Crippen MR) is 53.6 cm³/mol. The average Bonchev–Trinajstić information content (AvgIpc) is 2.21. The van der Waals surface area contributed by atoms with Gasteiger partial charge in [0.05, 0.1) is 6.10 Å². The van der Waals surface area contributed by atoms with Gasteiger partial charge in [-0.25, -0.2) is 0 Å². The molecule has 2 fully saturated rings. The first-order valence-corrected chi connectivity index (χ1v) is 5.84. The van der Waals surface area contributed by atoms with Gasteiger partial charge in [-0.05, 0) is 38.6 Å². The molecule has 0 spiro atoms. The summed E-state index contributed by atoms with van der Waals surface area (Å²) >= 11 is 0. The zero-order chi connectivity index (χ0) is 8.93. The highest BCUT2D eigenvalue weighted by Crippen LogP contribution is 2.22. The molecule has 0 bridgehead atoms. The van der Waals surface area contributed by atoms with E-state index in [1.165, 1.54) is 51.4 Å². The minimum absolute atomic E-state index is 0.372. The van der Waals surface area contributed by atoms with E-state index in [4.69, 9.17) is 4.74 Å². The third-order valence-corrected chi connectivity index (χ3v) is 3.17. The van der Waals surface area contributed by atoms with Crippen LogP contribution in [0.2, 0.25) is 0 Å². The fourth-order valence-electron chi connectivity index (χ4n) is 2.37. The van der Waals surface area contributed by atoms with Gasteiger partial charge >= 0.3 is 0 Å². The van der Waals surface area contributed by atoms with E-state index in [2.05, 4.69) is 5.32 Å². The second kappa shape index (κ2) is 4.97. The maximum Gasteiger partial charge on any atom is 0.108 e. The van der Waals surface area contributed by atoms with Gasteiger partial charge in [0, 0.05) is 0 Å². The van der Waals surface area contributed by atoms with E-state index in [1.54, 1.807) is 0 Å². The van der Waals surface area contributed by atoms with Gasteiger partial charge in [-0.3, -0.25) is 5.32 Å². The van der Waals surface area contributed by atoms with Crippen LogP contribution in [-0.4, -0.2) is 18.9 Å². The molecule has 1 aliphatic heterocycles. The number of piperidine rings is 1. The van der Waals surface area contributed by atoms with Crippen LogP contribution in [0.3, 0.4) is 0 Å². The Bertz CT molecular complexity index is 121. The van der Waals surface area contributed by atoms with E-state index in [9.17, 15) is 0 Å². The van der Waals surface area contributed by atoms with Gasteiger partial charge in [0.1, 0.15) is 6.23 Å². The molecule has 0 aromatic heterocycles. The van der Waals surface area contributed by atoms with Gasteiger partial charge in [0.25, 0.3) is 0 Å². The smallest absolute Gasteiger partial charge is 0.108 e. The second-order valence-corrected chi connectivity index (χ2v) is 4.33. The molecular formula is C11H21NO. The molecule has 1 saturated heterocycles. The topological polar surface area (TPSA) is 21.3 Å². The van der Waals surface area contributed by atoms with Crippen LogP contribution in [0.5, 0.6) is 0 Å². The van der Waals surface area contributed by atoms with Crippen molar-refractivity contribution in [1.82, 2.24) is 5.32 Å². The molecule has 0 amide bonds. The highest BCUT2D eigenvalue weighted by atomic mass is 16.5. The van der Waals surface area contributed by atoms with Crippen molar-refractivity contribution in [2.75, 3.05) is 6.54 Å². The van der Waals surface area contributed by atoms with Crippen molar-refractivity contribution < 1.29 is 4.74 Å². The fraction of sp³-hybridized carbons (Fsp3) is 1.00. The first-order chi connectivity index (χ1) is 6.45. The molecule has 1 saturated carbocycles. The van der Waals surface area contributed by atoms with E-state index in [-0.39, 0.29) is 0 Å². The summed E-state index contributed by atoms with van der Waals surface area (Å²) in [5.74, 6) is 0. The number of ether oxygens (including phenoxy) is 1. The molecule has 0 radical (unpaired) electrons. The number of rotatable bonds is 2. The highest BCUT2D eigenvalue weighted by molar-refractivity contribution is 4.70. The Hall–Kier alpha value is -0.0800. The van der Waals surface area contributed by atoms with Crippen molar-refractivity contribution in [2.24, 2.45) is 0 Å². The summed E-state index contributed by atoms with van der Waals surface area (Å²) in [6, 6.07) is 0. The predicted octanol–water partition coefficient (Wildman–Crippen LogP) is 2.44. The van der Waals surface area contributed by atoms with E-state index in [1.807, 2.05) is 0 Å². The average molecular weight is 183 g/mol.